The van der Waals surface area contributed by atoms with E-state index in [1.165, 1.54) is 0 Å². The highest BCUT2D eigenvalue weighted by Crippen LogP contribution is 2.09. The van der Waals surface area contributed by atoms with Crippen LogP contribution in [0.1, 0.15) is 11.1 Å². The van der Waals surface area contributed by atoms with Crippen LogP contribution >= 0.6 is 0 Å². The Balaban J connectivity index is 1.73. The smallest absolute Gasteiger partial charge is 0.109 e. The Kier molecular flexibility index (Phi) is 8.49. The Bertz CT molecular complexity index is 493. The van der Waals surface area contributed by atoms with Crippen molar-refractivity contribution in [2.45, 2.75) is 25.4 Å². The second kappa shape index (κ2) is 10.9. The van der Waals surface area contributed by atoms with Crippen LogP contribution < -0.4 is 0 Å². The first kappa shape index (κ1) is 18.6. The van der Waals surface area contributed by atoms with Gasteiger partial charge in [-0.1, -0.05) is 60.7 Å². The third-order valence-corrected chi connectivity index (χ3v) is 3.81. The quantitative estimate of drug-likeness (QED) is 0.632. The van der Waals surface area contributed by atoms with Crippen LogP contribution in [0.2, 0.25) is 0 Å². The fourth-order valence-corrected chi connectivity index (χ4v) is 2.39. The third-order valence-electron chi connectivity index (χ3n) is 3.81. The molecule has 0 aromatic heterocycles. The molecule has 0 aliphatic heterocycles. The highest BCUT2D eigenvalue weighted by molar-refractivity contribution is 5.14. The van der Waals surface area contributed by atoms with Crippen LogP contribution in [0, 0.1) is 0 Å². The normalized spacial score (nSPS) is 13.6. The zero-order chi connectivity index (χ0) is 17.0. The number of benzene rings is 2. The van der Waals surface area contributed by atoms with E-state index in [9.17, 15) is 0 Å². The summed E-state index contributed by atoms with van der Waals surface area (Å²) in [7, 11) is 3.33. The summed E-state index contributed by atoms with van der Waals surface area (Å²) >= 11 is 0. The zero-order valence-corrected chi connectivity index (χ0v) is 14.4. The first-order valence-corrected chi connectivity index (χ1v) is 8.12. The predicted molar refractivity (Wildman–Crippen MR) is 93.8 cm³/mol. The molecule has 4 nitrogen and oxygen atoms in total. The molecule has 0 saturated heterocycles. The summed E-state index contributed by atoms with van der Waals surface area (Å²) in [6, 6.07) is 20.2. The van der Waals surface area contributed by atoms with Gasteiger partial charge in [0.05, 0.1) is 26.4 Å². The Hall–Kier alpha value is -1.72. The van der Waals surface area contributed by atoms with Gasteiger partial charge in [0.1, 0.15) is 12.2 Å². The lowest BCUT2D eigenvalue weighted by Crippen LogP contribution is -2.37. The second-order valence-corrected chi connectivity index (χ2v) is 5.55. The molecule has 0 heterocycles. The van der Waals surface area contributed by atoms with E-state index in [0.717, 1.165) is 11.1 Å². The van der Waals surface area contributed by atoms with Crippen molar-refractivity contribution in [2.75, 3.05) is 27.4 Å². The van der Waals surface area contributed by atoms with Crippen molar-refractivity contribution in [3.05, 3.63) is 71.8 Å². The number of hydrogen-bond donors (Lipinski definition) is 0. The van der Waals surface area contributed by atoms with Gasteiger partial charge in [0.15, 0.2) is 0 Å². The van der Waals surface area contributed by atoms with Crippen molar-refractivity contribution >= 4 is 0 Å². The lowest BCUT2D eigenvalue weighted by atomic mass is 10.2. The molecule has 2 rings (SSSR count). The molecule has 0 fully saturated rings. The maximum absolute atomic E-state index is 5.76. The molecule has 0 aliphatic rings. The minimum absolute atomic E-state index is 0.172. The Labute approximate surface area is 144 Å². The largest absolute Gasteiger partial charge is 0.376 e. The van der Waals surface area contributed by atoms with Gasteiger partial charge in [0.2, 0.25) is 0 Å². The van der Waals surface area contributed by atoms with Crippen LogP contribution in [-0.4, -0.2) is 39.6 Å². The summed E-state index contributed by atoms with van der Waals surface area (Å²) in [6.45, 7) is 2.03. The molecule has 0 saturated carbocycles. The number of rotatable bonds is 11. The molecule has 2 aromatic rings. The summed E-state index contributed by atoms with van der Waals surface area (Å²) < 4.78 is 22.5. The van der Waals surface area contributed by atoms with Gasteiger partial charge in [0, 0.05) is 14.2 Å². The molecule has 0 aliphatic carbocycles. The molecular formula is C20H26O4. The summed E-state index contributed by atoms with van der Waals surface area (Å²) in [5, 5.41) is 0. The molecule has 130 valence electrons. The lowest BCUT2D eigenvalue weighted by molar-refractivity contribution is -0.106. The minimum atomic E-state index is -0.172. The molecular weight excluding hydrogens is 304 g/mol. The van der Waals surface area contributed by atoms with Gasteiger partial charge in [-0.3, -0.25) is 0 Å². The van der Waals surface area contributed by atoms with Crippen molar-refractivity contribution in [2.24, 2.45) is 0 Å². The molecule has 4 heteroatoms. The summed E-state index contributed by atoms with van der Waals surface area (Å²) in [4.78, 5) is 0. The standard InChI is InChI=1S/C20H26O4/c1-21-19(15-23-13-17-9-5-3-6-10-17)20(22-2)16-24-14-18-11-7-4-8-12-18/h3-12,19-20H,13-16H2,1-2H3. The van der Waals surface area contributed by atoms with Crippen LogP contribution in [0.5, 0.6) is 0 Å². The maximum Gasteiger partial charge on any atom is 0.109 e. The van der Waals surface area contributed by atoms with Gasteiger partial charge in [0.25, 0.3) is 0 Å². The van der Waals surface area contributed by atoms with Crippen LogP contribution in [0.4, 0.5) is 0 Å². The number of hydrogen-bond acceptors (Lipinski definition) is 4. The van der Waals surface area contributed by atoms with Crippen molar-refractivity contribution in [3.8, 4) is 0 Å². The lowest BCUT2D eigenvalue weighted by Gasteiger charge is -2.24. The molecule has 0 spiro atoms. The summed E-state index contributed by atoms with van der Waals surface area (Å²) in [6.07, 6.45) is -0.344. The average Bonchev–Trinajstić information content (AvgIpc) is 2.65. The highest BCUT2D eigenvalue weighted by Gasteiger charge is 2.21. The van der Waals surface area contributed by atoms with Crippen molar-refractivity contribution in [3.63, 3.8) is 0 Å². The Morgan fingerprint density at radius 1 is 0.625 bits per heavy atom. The third kappa shape index (κ3) is 6.42. The van der Waals surface area contributed by atoms with Crippen molar-refractivity contribution < 1.29 is 18.9 Å². The zero-order valence-electron chi connectivity index (χ0n) is 14.4. The molecule has 0 N–H and O–H groups in total. The molecule has 24 heavy (non-hydrogen) atoms. The van der Waals surface area contributed by atoms with E-state index in [1.54, 1.807) is 14.2 Å². The predicted octanol–water partition coefficient (Wildman–Crippen LogP) is 3.45. The van der Waals surface area contributed by atoms with E-state index >= 15 is 0 Å². The van der Waals surface area contributed by atoms with Crippen LogP contribution in [0.25, 0.3) is 0 Å². The summed E-state index contributed by atoms with van der Waals surface area (Å²) in [5.74, 6) is 0. The van der Waals surface area contributed by atoms with Crippen LogP contribution in [0.3, 0.4) is 0 Å². The highest BCUT2D eigenvalue weighted by atomic mass is 16.6. The number of ether oxygens (including phenoxy) is 4. The van der Waals surface area contributed by atoms with E-state index in [4.69, 9.17) is 18.9 Å². The maximum atomic E-state index is 5.76. The average molecular weight is 330 g/mol. The fourth-order valence-electron chi connectivity index (χ4n) is 2.39. The van der Waals surface area contributed by atoms with Crippen molar-refractivity contribution in [1.29, 1.82) is 0 Å². The van der Waals surface area contributed by atoms with Gasteiger partial charge in [-0.15, -0.1) is 0 Å². The fraction of sp³-hybridized carbons (Fsp3) is 0.400. The molecule has 0 bridgehead atoms. The van der Waals surface area contributed by atoms with Gasteiger partial charge >= 0.3 is 0 Å². The Morgan fingerprint density at radius 3 is 1.33 bits per heavy atom. The first-order valence-electron chi connectivity index (χ1n) is 8.12. The molecule has 0 amide bonds. The summed E-state index contributed by atoms with van der Waals surface area (Å²) in [5.41, 5.74) is 2.28. The van der Waals surface area contributed by atoms with E-state index < -0.39 is 0 Å². The van der Waals surface area contributed by atoms with E-state index in [1.807, 2.05) is 60.7 Å². The SMILES string of the molecule is COC(COCc1ccccc1)C(COCc1ccccc1)OC. The minimum Gasteiger partial charge on any atom is -0.376 e. The van der Waals surface area contributed by atoms with E-state index in [0.29, 0.717) is 26.4 Å². The Morgan fingerprint density at radius 2 is 1.00 bits per heavy atom. The first-order chi connectivity index (χ1) is 11.8. The molecule has 2 unspecified atom stereocenters. The van der Waals surface area contributed by atoms with Gasteiger partial charge in [-0.2, -0.15) is 0 Å². The molecule has 2 aromatic carbocycles. The topological polar surface area (TPSA) is 36.9 Å². The number of methoxy groups -OCH3 is 2. The molecule has 0 radical (unpaired) electrons. The van der Waals surface area contributed by atoms with Gasteiger partial charge in [-0.25, -0.2) is 0 Å². The van der Waals surface area contributed by atoms with E-state index in [2.05, 4.69) is 0 Å². The van der Waals surface area contributed by atoms with Gasteiger partial charge in [-0.05, 0) is 11.1 Å². The molecule has 2 atom stereocenters. The van der Waals surface area contributed by atoms with Crippen LogP contribution in [-0.2, 0) is 32.2 Å². The van der Waals surface area contributed by atoms with E-state index in [-0.39, 0.29) is 12.2 Å². The second-order valence-electron chi connectivity index (χ2n) is 5.55. The van der Waals surface area contributed by atoms with Crippen LogP contribution in [0.15, 0.2) is 60.7 Å². The monoisotopic (exact) mass is 330 g/mol. The van der Waals surface area contributed by atoms with Crippen molar-refractivity contribution in [1.82, 2.24) is 0 Å². The van der Waals surface area contributed by atoms with Gasteiger partial charge < -0.3 is 18.9 Å².